The molecule has 0 saturated heterocycles. The predicted octanol–water partition coefficient (Wildman–Crippen LogP) is 2.87. The Bertz CT molecular complexity index is 470. The number of hydrogen-bond donors (Lipinski definition) is 1. The van der Waals surface area contributed by atoms with E-state index >= 15 is 0 Å². The monoisotopic (exact) mass is 235 g/mol. The molecule has 0 saturated carbocycles. The molecule has 0 spiro atoms. The molecule has 84 valence electrons. The van der Waals surface area contributed by atoms with Gasteiger partial charge in [0.1, 0.15) is 5.82 Å². The molecule has 5 heteroatoms. The van der Waals surface area contributed by atoms with Crippen LogP contribution in [0, 0.1) is 0 Å². The standard InChI is InChI=1S/C11H13N3OS/c1-2-5-10-13-11(16-14-10)15-9-7-4-3-6-8(9)12/h3-4,6-7H,2,5,12H2,1H3. The van der Waals surface area contributed by atoms with E-state index in [2.05, 4.69) is 16.3 Å². The van der Waals surface area contributed by atoms with Gasteiger partial charge < -0.3 is 10.5 Å². The highest BCUT2D eigenvalue weighted by Crippen LogP contribution is 2.27. The van der Waals surface area contributed by atoms with Crippen LogP contribution >= 0.6 is 11.5 Å². The number of anilines is 1. The minimum Gasteiger partial charge on any atom is -0.428 e. The predicted molar refractivity (Wildman–Crippen MR) is 64.8 cm³/mol. The molecule has 0 amide bonds. The number of aromatic nitrogens is 2. The Morgan fingerprint density at radius 1 is 1.38 bits per heavy atom. The van der Waals surface area contributed by atoms with E-state index in [1.807, 2.05) is 18.2 Å². The van der Waals surface area contributed by atoms with Crippen LogP contribution in [0.25, 0.3) is 0 Å². The molecule has 0 aliphatic rings. The summed E-state index contributed by atoms with van der Waals surface area (Å²) in [6, 6.07) is 7.35. The number of aryl methyl sites for hydroxylation is 1. The number of nitrogen functional groups attached to an aromatic ring is 1. The Labute approximate surface area is 98.3 Å². The third-order valence-corrected chi connectivity index (χ3v) is 2.67. The van der Waals surface area contributed by atoms with Crippen molar-refractivity contribution in [1.82, 2.24) is 9.36 Å². The van der Waals surface area contributed by atoms with Crippen molar-refractivity contribution >= 4 is 17.2 Å². The zero-order chi connectivity index (χ0) is 11.4. The van der Waals surface area contributed by atoms with Gasteiger partial charge in [-0.1, -0.05) is 19.1 Å². The number of ether oxygens (including phenoxy) is 1. The highest BCUT2D eigenvalue weighted by molar-refractivity contribution is 7.07. The van der Waals surface area contributed by atoms with E-state index in [1.54, 1.807) is 6.07 Å². The Kier molecular flexibility index (Phi) is 3.36. The van der Waals surface area contributed by atoms with Crippen LogP contribution in [0.15, 0.2) is 24.3 Å². The quantitative estimate of drug-likeness (QED) is 0.828. The molecule has 0 unspecified atom stereocenters. The number of rotatable bonds is 4. The molecular weight excluding hydrogens is 222 g/mol. The average Bonchev–Trinajstić information content (AvgIpc) is 2.70. The Morgan fingerprint density at radius 2 is 2.19 bits per heavy atom. The van der Waals surface area contributed by atoms with Gasteiger partial charge in [0.05, 0.1) is 5.69 Å². The number of benzene rings is 1. The number of para-hydroxylation sites is 2. The Hall–Kier alpha value is -1.62. The maximum atomic E-state index is 5.77. The summed E-state index contributed by atoms with van der Waals surface area (Å²) in [5.41, 5.74) is 6.37. The second-order valence-electron chi connectivity index (χ2n) is 3.37. The lowest BCUT2D eigenvalue weighted by Crippen LogP contribution is -1.91. The lowest BCUT2D eigenvalue weighted by Gasteiger charge is -2.03. The first-order chi connectivity index (χ1) is 7.79. The van der Waals surface area contributed by atoms with E-state index in [4.69, 9.17) is 10.5 Å². The van der Waals surface area contributed by atoms with Gasteiger partial charge in [-0.25, -0.2) is 0 Å². The van der Waals surface area contributed by atoms with Crippen molar-refractivity contribution < 1.29 is 4.74 Å². The van der Waals surface area contributed by atoms with E-state index in [9.17, 15) is 0 Å². The summed E-state index contributed by atoms with van der Waals surface area (Å²) in [5.74, 6) is 1.46. The second-order valence-corrected chi connectivity index (χ2v) is 4.08. The van der Waals surface area contributed by atoms with Crippen LogP contribution in [0.5, 0.6) is 10.9 Å². The minimum atomic E-state index is 0.543. The van der Waals surface area contributed by atoms with E-state index < -0.39 is 0 Å². The van der Waals surface area contributed by atoms with Crippen LogP contribution in [0.1, 0.15) is 19.2 Å². The van der Waals surface area contributed by atoms with Crippen LogP contribution < -0.4 is 10.5 Å². The molecule has 2 N–H and O–H groups in total. The number of hydrogen-bond acceptors (Lipinski definition) is 5. The molecule has 0 atom stereocenters. The van der Waals surface area contributed by atoms with Gasteiger partial charge in [0.15, 0.2) is 5.75 Å². The molecule has 1 heterocycles. The molecule has 0 aliphatic heterocycles. The Morgan fingerprint density at radius 3 is 2.94 bits per heavy atom. The van der Waals surface area contributed by atoms with Crippen molar-refractivity contribution in [3.63, 3.8) is 0 Å². The van der Waals surface area contributed by atoms with Gasteiger partial charge in [-0.15, -0.1) is 0 Å². The zero-order valence-corrected chi connectivity index (χ0v) is 9.83. The summed E-state index contributed by atoms with van der Waals surface area (Å²) in [6.07, 6.45) is 1.91. The van der Waals surface area contributed by atoms with E-state index in [0.717, 1.165) is 18.7 Å². The van der Waals surface area contributed by atoms with Crippen molar-refractivity contribution in [2.24, 2.45) is 0 Å². The summed E-state index contributed by atoms with van der Waals surface area (Å²) in [4.78, 5) is 4.27. The topological polar surface area (TPSA) is 61.0 Å². The molecule has 16 heavy (non-hydrogen) atoms. The summed E-state index contributed by atoms with van der Waals surface area (Å²) in [5, 5.41) is 0.543. The van der Waals surface area contributed by atoms with E-state index in [-0.39, 0.29) is 0 Å². The van der Waals surface area contributed by atoms with Gasteiger partial charge in [-0.05, 0) is 18.6 Å². The SMILES string of the molecule is CCCc1nsc(Oc2ccccc2N)n1. The van der Waals surface area contributed by atoms with Crippen LogP contribution in [-0.2, 0) is 6.42 Å². The van der Waals surface area contributed by atoms with Crippen molar-refractivity contribution in [3.8, 4) is 10.9 Å². The van der Waals surface area contributed by atoms with Crippen LogP contribution in [-0.4, -0.2) is 9.36 Å². The summed E-state index contributed by atoms with van der Waals surface area (Å²) in [7, 11) is 0. The normalized spacial score (nSPS) is 10.3. The lowest BCUT2D eigenvalue weighted by molar-refractivity contribution is 0.479. The molecule has 4 nitrogen and oxygen atoms in total. The lowest BCUT2D eigenvalue weighted by atomic mass is 10.3. The van der Waals surface area contributed by atoms with Gasteiger partial charge in [0, 0.05) is 18.0 Å². The third-order valence-electron chi connectivity index (χ3n) is 2.04. The van der Waals surface area contributed by atoms with Crippen LogP contribution in [0.3, 0.4) is 0 Å². The Balaban J connectivity index is 2.11. The zero-order valence-electron chi connectivity index (χ0n) is 9.01. The average molecular weight is 235 g/mol. The van der Waals surface area contributed by atoms with Crippen LogP contribution in [0.2, 0.25) is 0 Å². The van der Waals surface area contributed by atoms with Gasteiger partial charge in [0.2, 0.25) is 0 Å². The molecule has 0 bridgehead atoms. The van der Waals surface area contributed by atoms with Gasteiger partial charge >= 0.3 is 0 Å². The molecule has 1 aromatic heterocycles. The van der Waals surface area contributed by atoms with Crippen molar-refractivity contribution in [3.05, 3.63) is 30.1 Å². The summed E-state index contributed by atoms with van der Waals surface area (Å²) in [6.45, 7) is 2.09. The first-order valence-electron chi connectivity index (χ1n) is 5.14. The first kappa shape index (κ1) is 10.9. The highest BCUT2D eigenvalue weighted by Gasteiger charge is 2.06. The molecule has 1 aromatic carbocycles. The van der Waals surface area contributed by atoms with E-state index in [0.29, 0.717) is 16.6 Å². The fourth-order valence-corrected chi connectivity index (χ4v) is 1.86. The first-order valence-corrected chi connectivity index (χ1v) is 5.92. The molecule has 2 aromatic rings. The second kappa shape index (κ2) is 4.94. The van der Waals surface area contributed by atoms with Crippen LogP contribution in [0.4, 0.5) is 5.69 Å². The fraction of sp³-hybridized carbons (Fsp3) is 0.273. The van der Waals surface area contributed by atoms with Gasteiger partial charge in [-0.2, -0.15) is 9.36 Å². The fourth-order valence-electron chi connectivity index (χ4n) is 1.27. The third kappa shape index (κ3) is 2.49. The number of nitrogens with two attached hydrogens (primary N) is 1. The minimum absolute atomic E-state index is 0.543. The molecule has 0 aliphatic carbocycles. The molecule has 0 fully saturated rings. The number of nitrogens with zero attached hydrogens (tertiary/aromatic N) is 2. The molecule has 0 radical (unpaired) electrons. The molecular formula is C11H13N3OS. The smallest absolute Gasteiger partial charge is 0.298 e. The van der Waals surface area contributed by atoms with Crippen molar-refractivity contribution in [2.45, 2.75) is 19.8 Å². The maximum Gasteiger partial charge on any atom is 0.298 e. The maximum absolute atomic E-state index is 5.77. The highest BCUT2D eigenvalue weighted by atomic mass is 32.1. The molecule has 2 rings (SSSR count). The van der Waals surface area contributed by atoms with E-state index in [1.165, 1.54) is 11.5 Å². The summed E-state index contributed by atoms with van der Waals surface area (Å²) < 4.78 is 9.75. The van der Waals surface area contributed by atoms with Gasteiger partial charge in [-0.3, -0.25) is 0 Å². The summed E-state index contributed by atoms with van der Waals surface area (Å²) >= 11 is 1.25. The van der Waals surface area contributed by atoms with Crippen molar-refractivity contribution in [2.75, 3.05) is 5.73 Å². The van der Waals surface area contributed by atoms with Gasteiger partial charge in [0.25, 0.3) is 5.19 Å². The largest absolute Gasteiger partial charge is 0.428 e. The van der Waals surface area contributed by atoms with Crippen molar-refractivity contribution in [1.29, 1.82) is 0 Å².